The van der Waals surface area contributed by atoms with Crippen LogP contribution >= 0.6 is 0 Å². The summed E-state index contributed by atoms with van der Waals surface area (Å²) in [5.41, 5.74) is 0.473. The van der Waals surface area contributed by atoms with Gasteiger partial charge in [0.05, 0.1) is 11.1 Å². The number of carboxylic acids is 2. The van der Waals surface area contributed by atoms with Crippen LogP contribution in [0.3, 0.4) is 0 Å². The zero-order chi connectivity index (χ0) is 28.1. The van der Waals surface area contributed by atoms with Crippen LogP contribution in [0.15, 0.2) is 18.2 Å². The molecule has 218 valence electrons. The first-order valence-electron chi connectivity index (χ1n) is 16.0. The minimum absolute atomic E-state index is 0.0277. The Kier molecular flexibility index (Phi) is 18.9. The predicted molar refractivity (Wildman–Crippen MR) is 161 cm³/mol. The van der Waals surface area contributed by atoms with Crippen molar-refractivity contribution < 1.29 is 19.8 Å². The van der Waals surface area contributed by atoms with E-state index < -0.39 is 11.9 Å². The number of benzene rings is 1. The van der Waals surface area contributed by atoms with Gasteiger partial charge in [-0.1, -0.05) is 155 Å². The molecule has 0 spiro atoms. The third-order valence-corrected chi connectivity index (χ3v) is 8.36. The maximum Gasteiger partial charge on any atom is 0.336 e. The van der Waals surface area contributed by atoms with Crippen molar-refractivity contribution in [2.24, 2.45) is 0 Å². The van der Waals surface area contributed by atoms with Crippen LogP contribution < -0.4 is 0 Å². The zero-order valence-corrected chi connectivity index (χ0v) is 25.0. The molecule has 0 bridgehead atoms. The fourth-order valence-corrected chi connectivity index (χ4v) is 6.09. The van der Waals surface area contributed by atoms with E-state index >= 15 is 0 Å². The molecule has 0 radical (unpaired) electrons. The van der Waals surface area contributed by atoms with Crippen LogP contribution in [-0.2, 0) is 5.41 Å². The summed E-state index contributed by atoms with van der Waals surface area (Å²) in [4.78, 5) is 24.6. The molecule has 38 heavy (non-hydrogen) atoms. The third kappa shape index (κ3) is 12.8. The van der Waals surface area contributed by atoms with Crippen LogP contribution in [0.5, 0.6) is 0 Å². The van der Waals surface area contributed by atoms with Gasteiger partial charge >= 0.3 is 11.9 Å². The van der Waals surface area contributed by atoms with E-state index in [1.807, 2.05) is 6.07 Å². The molecule has 0 heterocycles. The summed E-state index contributed by atoms with van der Waals surface area (Å²) >= 11 is 0. The van der Waals surface area contributed by atoms with Crippen molar-refractivity contribution in [3.63, 3.8) is 0 Å². The fourth-order valence-electron chi connectivity index (χ4n) is 6.09. The Morgan fingerprint density at radius 3 is 1.26 bits per heavy atom. The highest BCUT2D eigenvalue weighted by Crippen LogP contribution is 2.43. The molecule has 0 aliphatic carbocycles. The highest BCUT2D eigenvalue weighted by molar-refractivity contribution is 6.03. The Balaban J connectivity index is 3.23. The quantitative estimate of drug-likeness (QED) is 0.123. The second-order valence-corrected chi connectivity index (χ2v) is 11.5. The topological polar surface area (TPSA) is 74.6 Å². The molecule has 4 heteroatoms. The first-order valence-corrected chi connectivity index (χ1v) is 16.0. The highest BCUT2D eigenvalue weighted by atomic mass is 16.4. The van der Waals surface area contributed by atoms with E-state index in [0.29, 0.717) is 0 Å². The van der Waals surface area contributed by atoms with Crippen LogP contribution in [0, 0.1) is 0 Å². The number of aromatic carboxylic acids is 2. The van der Waals surface area contributed by atoms with Gasteiger partial charge in [0.1, 0.15) is 0 Å². The van der Waals surface area contributed by atoms with Gasteiger partial charge in [-0.15, -0.1) is 0 Å². The van der Waals surface area contributed by atoms with Crippen LogP contribution in [0.2, 0.25) is 0 Å². The minimum atomic E-state index is -1.15. The Morgan fingerprint density at radius 2 is 0.921 bits per heavy atom. The lowest BCUT2D eigenvalue weighted by Crippen LogP contribution is -2.30. The van der Waals surface area contributed by atoms with Crippen LogP contribution in [-0.4, -0.2) is 22.2 Å². The van der Waals surface area contributed by atoms with E-state index in [9.17, 15) is 19.8 Å². The first-order chi connectivity index (χ1) is 18.4. The number of rotatable bonds is 25. The van der Waals surface area contributed by atoms with Crippen LogP contribution in [0.25, 0.3) is 0 Å². The second-order valence-electron chi connectivity index (χ2n) is 11.5. The molecule has 1 aromatic carbocycles. The molecule has 0 aromatic heterocycles. The van der Waals surface area contributed by atoms with Gasteiger partial charge < -0.3 is 10.2 Å². The normalized spacial score (nSPS) is 11.7. The molecule has 0 saturated carbocycles. The molecule has 0 unspecified atom stereocenters. The molecule has 0 amide bonds. The molecule has 0 saturated heterocycles. The Hall–Kier alpha value is -1.84. The number of unbranched alkanes of at least 4 members (excludes halogenated alkanes) is 16. The smallest absolute Gasteiger partial charge is 0.336 e. The average molecular weight is 531 g/mol. The summed E-state index contributed by atoms with van der Waals surface area (Å²) in [6.07, 6.45) is 25.9. The summed E-state index contributed by atoms with van der Waals surface area (Å²) in [5, 5.41) is 20.1. The minimum Gasteiger partial charge on any atom is -0.478 e. The first kappa shape index (κ1) is 34.2. The molecule has 0 fully saturated rings. The molecule has 2 N–H and O–H groups in total. The van der Waals surface area contributed by atoms with Crippen molar-refractivity contribution >= 4 is 11.9 Å². The van der Waals surface area contributed by atoms with Crippen LogP contribution in [0.4, 0.5) is 0 Å². The standard InChI is InChI=1S/C34H58O4/c1-4-7-10-13-16-19-22-28-34(26-20-17-14-11-8-5-2,27-21-18-15-12-9-6-3)30-25-23-24-29(32(35)36)31(30)33(37)38/h23-25H,4-22,26-28H2,1-3H3,(H,35,36)(H,37,38). The summed E-state index contributed by atoms with van der Waals surface area (Å²) < 4.78 is 0. The Bertz CT molecular complexity index is 754. The number of hydrogen-bond acceptors (Lipinski definition) is 2. The lowest BCUT2D eigenvalue weighted by atomic mass is 9.67. The monoisotopic (exact) mass is 530 g/mol. The summed E-state index contributed by atoms with van der Waals surface area (Å²) in [5.74, 6) is -2.25. The van der Waals surface area contributed by atoms with E-state index in [0.717, 1.165) is 56.9 Å². The van der Waals surface area contributed by atoms with Crippen molar-refractivity contribution in [3.05, 3.63) is 34.9 Å². The zero-order valence-electron chi connectivity index (χ0n) is 25.0. The fraction of sp³-hybridized carbons (Fsp3) is 0.765. The summed E-state index contributed by atoms with van der Waals surface area (Å²) in [7, 11) is 0. The van der Waals surface area contributed by atoms with E-state index in [-0.39, 0.29) is 16.5 Å². The average Bonchev–Trinajstić information content (AvgIpc) is 2.91. The van der Waals surface area contributed by atoms with Crippen molar-refractivity contribution in [1.29, 1.82) is 0 Å². The van der Waals surface area contributed by atoms with Gasteiger partial charge in [-0.3, -0.25) is 0 Å². The largest absolute Gasteiger partial charge is 0.478 e. The summed E-state index contributed by atoms with van der Waals surface area (Å²) in [6.45, 7) is 6.71. The van der Waals surface area contributed by atoms with Gasteiger partial charge in [0, 0.05) is 0 Å². The lowest BCUT2D eigenvalue weighted by Gasteiger charge is -2.37. The Labute approximate surface area is 234 Å². The third-order valence-electron chi connectivity index (χ3n) is 8.36. The number of hydrogen-bond donors (Lipinski definition) is 2. The molecule has 0 aliphatic rings. The molecule has 1 aromatic rings. The Morgan fingerprint density at radius 1 is 0.553 bits per heavy atom. The van der Waals surface area contributed by atoms with E-state index in [1.165, 1.54) is 96.0 Å². The maximum atomic E-state index is 12.5. The molecule has 0 aliphatic heterocycles. The predicted octanol–water partition coefficient (Wildman–Crippen LogP) is 11.0. The van der Waals surface area contributed by atoms with Gasteiger partial charge in [-0.2, -0.15) is 0 Å². The SMILES string of the molecule is CCCCCCCCCC(CCCCCCCC)(CCCCCCCC)c1cccc(C(=O)O)c1C(=O)O. The maximum absolute atomic E-state index is 12.5. The van der Waals surface area contributed by atoms with Gasteiger partial charge in [0.25, 0.3) is 0 Å². The molecule has 0 atom stereocenters. The molecule has 4 nitrogen and oxygen atoms in total. The van der Waals surface area contributed by atoms with Crippen LogP contribution in [0.1, 0.15) is 188 Å². The molecule has 1 rings (SSSR count). The van der Waals surface area contributed by atoms with E-state index in [2.05, 4.69) is 20.8 Å². The van der Waals surface area contributed by atoms with Gasteiger partial charge in [-0.05, 0) is 36.3 Å². The van der Waals surface area contributed by atoms with Crippen molar-refractivity contribution in [2.45, 2.75) is 167 Å². The van der Waals surface area contributed by atoms with E-state index in [4.69, 9.17) is 0 Å². The van der Waals surface area contributed by atoms with Crippen molar-refractivity contribution in [3.8, 4) is 0 Å². The highest BCUT2D eigenvalue weighted by Gasteiger charge is 2.36. The lowest BCUT2D eigenvalue weighted by molar-refractivity contribution is 0.0648. The number of carbonyl (C=O) groups is 2. The molecular formula is C34H58O4. The summed E-state index contributed by atoms with van der Waals surface area (Å²) in [6, 6.07) is 5.17. The van der Waals surface area contributed by atoms with Gasteiger partial charge in [0.2, 0.25) is 0 Å². The van der Waals surface area contributed by atoms with E-state index in [1.54, 1.807) is 6.07 Å². The molecular weight excluding hydrogens is 472 g/mol. The van der Waals surface area contributed by atoms with Gasteiger partial charge in [0.15, 0.2) is 0 Å². The second kappa shape index (κ2) is 21.0. The van der Waals surface area contributed by atoms with Crippen molar-refractivity contribution in [2.75, 3.05) is 0 Å². The van der Waals surface area contributed by atoms with Crippen molar-refractivity contribution in [1.82, 2.24) is 0 Å². The number of carboxylic acid groups (broad SMARTS) is 2. The van der Waals surface area contributed by atoms with Gasteiger partial charge in [-0.25, -0.2) is 9.59 Å².